The van der Waals surface area contributed by atoms with Crippen LogP contribution in [0.1, 0.15) is 35.2 Å². The summed E-state index contributed by atoms with van der Waals surface area (Å²) in [5.74, 6) is 0.681. The first-order valence-electron chi connectivity index (χ1n) is 6.17. The summed E-state index contributed by atoms with van der Waals surface area (Å²) in [4.78, 5) is 12.1. The number of hydrogen-bond acceptors (Lipinski definition) is 1. The molecular weight excluding hydrogens is 314 g/mol. The Labute approximate surface area is 121 Å². The van der Waals surface area contributed by atoms with Crippen LogP contribution in [-0.2, 0) is 0 Å². The van der Waals surface area contributed by atoms with Crippen molar-refractivity contribution in [3.63, 3.8) is 0 Å². The van der Waals surface area contributed by atoms with Gasteiger partial charge >= 0.3 is 0 Å². The van der Waals surface area contributed by atoms with Gasteiger partial charge in [0.25, 0.3) is 5.91 Å². The van der Waals surface area contributed by atoms with Crippen molar-refractivity contribution >= 4 is 33.4 Å². The summed E-state index contributed by atoms with van der Waals surface area (Å²) in [5.41, 5.74) is 2.01. The largest absolute Gasteiger partial charge is 0.351 e. The lowest BCUT2D eigenvalue weighted by Crippen LogP contribution is -2.30. The van der Waals surface area contributed by atoms with E-state index in [0.29, 0.717) is 5.88 Å². The predicted molar refractivity (Wildman–Crippen MR) is 78.2 cm³/mol. The highest BCUT2D eigenvalue weighted by atomic mass is 79.9. The van der Waals surface area contributed by atoms with Gasteiger partial charge in [-0.15, -0.1) is 11.6 Å². The second kappa shape index (κ2) is 5.62. The van der Waals surface area contributed by atoms with Crippen molar-refractivity contribution in [2.24, 2.45) is 5.41 Å². The van der Waals surface area contributed by atoms with Crippen LogP contribution in [-0.4, -0.2) is 18.3 Å². The third-order valence-corrected chi connectivity index (χ3v) is 4.33. The van der Waals surface area contributed by atoms with Crippen molar-refractivity contribution in [1.29, 1.82) is 0 Å². The minimum atomic E-state index is 0.00893. The quantitative estimate of drug-likeness (QED) is 0.815. The Balaban J connectivity index is 1.98. The van der Waals surface area contributed by atoms with Crippen molar-refractivity contribution < 1.29 is 4.79 Å². The Morgan fingerprint density at radius 3 is 2.83 bits per heavy atom. The molecule has 1 amide bonds. The van der Waals surface area contributed by atoms with Crippen molar-refractivity contribution in [2.45, 2.75) is 26.2 Å². The van der Waals surface area contributed by atoms with Gasteiger partial charge in [-0.3, -0.25) is 4.79 Å². The molecule has 0 spiro atoms. The lowest BCUT2D eigenvalue weighted by Gasteiger charge is -2.15. The second-order valence-corrected chi connectivity index (χ2v) is 6.37. The molecule has 0 aliphatic heterocycles. The molecule has 1 saturated carbocycles. The minimum Gasteiger partial charge on any atom is -0.351 e. The fourth-order valence-electron chi connectivity index (χ4n) is 2.09. The number of nitrogens with one attached hydrogen (secondary N) is 1. The third-order valence-electron chi connectivity index (χ3n) is 3.65. The molecular formula is C14H17BrClNO. The first-order chi connectivity index (χ1) is 8.56. The maximum atomic E-state index is 12.1. The zero-order chi connectivity index (χ0) is 13.2. The summed E-state index contributed by atoms with van der Waals surface area (Å²) < 4.78 is 0.931. The van der Waals surface area contributed by atoms with Gasteiger partial charge in [0.2, 0.25) is 0 Å². The number of amides is 1. The maximum Gasteiger partial charge on any atom is 0.251 e. The Morgan fingerprint density at radius 1 is 1.50 bits per heavy atom. The molecule has 4 heteroatoms. The minimum absolute atomic E-state index is 0.00893. The molecule has 2 rings (SSSR count). The van der Waals surface area contributed by atoms with Gasteiger partial charge in [0.05, 0.1) is 0 Å². The van der Waals surface area contributed by atoms with Crippen LogP contribution in [0.5, 0.6) is 0 Å². The average Bonchev–Trinajstić information content (AvgIpc) is 3.10. The fraction of sp³-hybridized carbons (Fsp3) is 0.500. The number of aryl methyl sites for hydroxylation is 1. The molecule has 0 saturated heterocycles. The molecule has 0 heterocycles. The first kappa shape index (κ1) is 13.9. The van der Waals surface area contributed by atoms with Crippen LogP contribution in [0, 0.1) is 12.3 Å². The van der Waals surface area contributed by atoms with Crippen LogP contribution in [0.2, 0.25) is 0 Å². The summed E-state index contributed by atoms with van der Waals surface area (Å²) >= 11 is 9.18. The van der Waals surface area contributed by atoms with Crippen LogP contribution >= 0.6 is 27.5 Å². The van der Waals surface area contributed by atoms with Crippen molar-refractivity contribution in [3.8, 4) is 0 Å². The van der Waals surface area contributed by atoms with Gasteiger partial charge in [-0.2, -0.15) is 0 Å². The van der Waals surface area contributed by atoms with Gasteiger partial charge in [-0.1, -0.05) is 22.0 Å². The van der Waals surface area contributed by atoms with E-state index in [-0.39, 0.29) is 11.3 Å². The molecule has 1 fully saturated rings. The van der Waals surface area contributed by atoms with Gasteiger partial charge in [0.15, 0.2) is 0 Å². The number of benzene rings is 1. The highest BCUT2D eigenvalue weighted by Gasteiger charge is 2.41. The first-order valence-corrected chi connectivity index (χ1v) is 7.49. The van der Waals surface area contributed by atoms with Crippen LogP contribution in [0.3, 0.4) is 0 Å². The average molecular weight is 331 g/mol. The normalized spacial score (nSPS) is 16.4. The molecule has 0 atom stereocenters. The highest BCUT2D eigenvalue weighted by Crippen LogP contribution is 2.48. The molecule has 0 bridgehead atoms. The Morgan fingerprint density at radius 2 is 2.22 bits per heavy atom. The maximum absolute atomic E-state index is 12.1. The van der Waals surface area contributed by atoms with E-state index in [1.807, 2.05) is 25.1 Å². The van der Waals surface area contributed by atoms with Crippen LogP contribution in [0.25, 0.3) is 0 Å². The number of halogens is 2. The Bertz CT molecular complexity index is 457. The Kier molecular flexibility index (Phi) is 4.33. The van der Waals surface area contributed by atoms with Crippen molar-refractivity contribution in [1.82, 2.24) is 5.32 Å². The van der Waals surface area contributed by atoms with Gasteiger partial charge in [-0.25, -0.2) is 0 Å². The summed E-state index contributed by atoms with van der Waals surface area (Å²) in [6.07, 6.45) is 3.35. The summed E-state index contributed by atoms with van der Waals surface area (Å²) in [7, 11) is 0. The molecule has 1 aliphatic rings. The molecule has 0 aromatic heterocycles. The second-order valence-electron chi connectivity index (χ2n) is 5.08. The predicted octanol–water partition coefficient (Wildman–Crippen LogP) is 3.90. The highest BCUT2D eigenvalue weighted by molar-refractivity contribution is 9.10. The van der Waals surface area contributed by atoms with E-state index in [4.69, 9.17) is 11.6 Å². The fourth-order valence-corrected chi connectivity index (χ4v) is 2.86. The number of hydrogen-bond donors (Lipinski definition) is 1. The lowest BCUT2D eigenvalue weighted by atomic mass is 10.0. The standard InChI is InChI=1S/C14H17BrClNO/c1-10-2-3-11(15)8-12(10)13(18)17-9-14(4-5-14)6-7-16/h2-3,8H,4-7,9H2,1H3,(H,17,18). The molecule has 1 aromatic rings. The van der Waals surface area contributed by atoms with E-state index < -0.39 is 0 Å². The van der Waals surface area contributed by atoms with Gasteiger partial charge in [0, 0.05) is 22.5 Å². The van der Waals surface area contributed by atoms with Gasteiger partial charge in [0.1, 0.15) is 0 Å². The zero-order valence-corrected chi connectivity index (χ0v) is 12.8. The van der Waals surface area contributed by atoms with E-state index >= 15 is 0 Å². The monoisotopic (exact) mass is 329 g/mol. The van der Waals surface area contributed by atoms with Crippen molar-refractivity contribution in [3.05, 3.63) is 33.8 Å². The molecule has 0 unspecified atom stereocenters. The van der Waals surface area contributed by atoms with Crippen LogP contribution in [0.15, 0.2) is 22.7 Å². The number of rotatable bonds is 5. The van der Waals surface area contributed by atoms with E-state index in [9.17, 15) is 4.79 Å². The summed E-state index contributed by atoms with van der Waals surface area (Å²) in [5, 5.41) is 3.04. The number of carbonyl (C=O) groups is 1. The molecule has 1 N–H and O–H groups in total. The molecule has 2 nitrogen and oxygen atoms in total. The Hall–Kier alpha value is -0.540. The number of carbonyl (C=O) groups excluding carboxylic acids is 1. The van der Waals surface area contributed by atoms with Crippen LogP contribution in [0.4, 0.5) is 0 Å². The van der Waals surface area contributed by atoms with Gasteiger partial charge in [-0.05, 0) is 49.3 Å². The lowest BCUT2D eigenvalue weighted by molar-refractivity contribution is 0.0943. The van der Waals surface area contributed by atoms with E-state index in [0.717, 1.165) is 28.6 Å². The van der Waals surface area contributed by atoms with Crippen molar-refractivity contribution in [2.75, 3.05) is 12.4 Å². The van der Waals surface area contributed by atoms with Gasteiger partial charge < -0.3 is 5.32 Å². The third kappa shape index (κ3) is 3.27. The smallest absolute Gasteiger partial charge is 0.251 e. The number of alkyl halides is 1. The summed E-state index contributed by atoms with van der Waals surface area (Å²) in [6, 6.07) is 5.76. The SMILES string of the molecule is Cc1ccc(Br)cc1C(=O)NCC1(CCCl)CC1. The van der Waals surface area contributed by atoms with E-state index in [1.165, 1.54) is 12.8 Å². The molecule has 18 heavy (non-hydrogen) atoms. The summed E-state index contributed by atoms with van der Waals surface area (Å²) in [6.45, 7) is 2.69. The molecule has 1 aromatic carbocycles. The van der Waals surface area contributed by atoms with Crippen LogP contribution < -0.4 is 5.32 Å². The molecule has 0 radical (unpaired) electrons. The zero-order valence-electron chi connectivity index (χ0n) is 10.4. The topological polar surface area (TPSA) is 29.1 Å². The van der Waals surface area contributed by atoms with E-state index in [2.05, 4.69) is 21.2 Å². The molecule has 1 aliphatic carbocycles. The van der Waals surface area contributed by atoms with E-state index in [1.54, 1.807) is 0 Å². The molecule has 98 valence electrons.